The van der Waals surface area contributed by atoms with Crippen molar-refractivity contribution in [3.63, 3.8) is 0 Å². The van der Waals surface area contributed by atoms with E-state index in [0.717, 1.165) is 5.76 Å². The average Bonchev–Trinajstić information content (AvgIpc) is 2.50. The van der Waals surface area contributed by atoms with Crippen LogP contribution >= 0.6 is 0 Å². The first-order chi connectivity index (χ1) is 6.26. The Morgan fingerprint density at radius 1 is 1.46 bits per heavy atom. The van der Waals surface area contributed by atoms with Gasteiger partial charge in [-0.3, -0.25) is 0 Å². The van der Waals surface area contributed by atoms with Crippen LogP contribution in [0.3, 0.4) is 0 Å². The van der Waals surface area contributed by atoms with Gasteiger partial charge >= 0.3 is 0 Å². The second-order valence-corrected chi connectivity index (χ2v) is 2.95. The highest BCUT2D eigenvalue weighted by Crippen LogP contribution is 2.13. The smallest absolute Gasteiger partial charge is 0.193 e. The zero-order valence-corrected chi connectivity index (χ0v) is 7.66. The predicted molar refractivity (Wildman–Crippen MR) is 49.6 cm³/mol. The van der Waals surface area contributed by atoms with Crippen LogP contribution in [0.1, 0.15) is 12.2 Å². The van der Waals surface area contributed by atoms with Gasteiger partial charge in [-0.25, -0.2) is 0 Å². The SMILES string of the molecule is Cc1ccc(NC(CO)CCO)o1. The molecule has 4 nitrogen and oxygen atoms in total. The Kier molecular flexibility index (Phi) is 3.79. The Hall–Kier alpha value is -1.00. The minimum Gasteiger partial charge on any atom is -0.446 e. The minimum absolute atomic E-state index is 0.0136. The van der Waals surface area contributed by atoms with Crippen molar-refractivity contribution < 1.29 is 14.6 Å². The summed E-state index contributed by atoms with van der Waals surface area (Å²) >= 11 is 0. The first-order valence-electron chi connectivity index (χ1n) is 4.31. The van der Waals surface area contributed by atoms with Gasteiger partial charge in [0.15, 0.2) is 5.88 Å². The number of aryl methyl sites for hydroxylation is 1. The van der Waals surface area contributed by atoms with E-state index in [1.807, 2.05) is 13.0 Å². The normalized spacial score (nSPS) is 12.8. The maximum absolute atomic E-state index is 8.91. The Labute approximate surface area is 77.2 Å². The van der Waals surface area contributed by atoms with Crippen LogP contribution in [0.4, 0.5) is 5.88 Å². The number of hydrogen-bond donors (Lipinski definition) is 3. The van der Waals surface area contributed by atoms with Crippen molar-refractivity contribution in [3.05, 3.63) is 17.9 Å². The van der Waals surface area contributed by atoms with Gasteiger partial charge in [0.05, 0.1) is 12.6 Å². The summed E-state index contributed by atoms with van der Waals surface area (Å²) in [5, 5.41) is 20.6. The highest BCUT2D eigenvalue weighted by atomic mass is 16.4. The van der Waals surface area contributed by atoms with Crippen molar-refractivity contribution >= 4 is 5.88 Å². The lowest BCUT2D eigenvalue weighted by Gasteiger charge is -2.13. The molecule has 1 aromatic heterocycles. The molecule has 0 saturated carbocycles. The number of furan rings is 1. The maximum atomic E-state index is 8.91. The fraction of sp³-hybridized carbons (Fsp3) is 0.556. The Bertz CT molecular complexity index is 247. The van der Waals surface area contributed by atoms with E-state index in [-0.39, 0.29) is 19.3 Å². The van der Waals surface area contributed by atoms with E-state index in [0.29, 0.717) is 12.3 Å². The summed E-state index contributed by atoms with van der Waals surface area (Å²) in [6, 6.07) is 3.50. The van der Waals surface area contributed by atoms with Gasteiger partial charge < -0.3 is 19.9 Å². The van der Waals surface area contributed by atoms with Crippen LogP contribution in [-0.2, 0) is 0 Å². The first kappa shape index (κ1) is 10.1. The zero-order chi connectivity index (χ0) is 9.68. The number of aliphatic hydroxyl groups excluding tert-OH is 2. The van der Waals surface area contributed by atoms with Crippen molar-refractivity contribution in [2.45, 2.75) is 19.4 Å². The van der Waals surface area contributed by atoms with Crippen molar-refractivity contribution in [2.75, 3.05) is 18.5 Å². The molecule has 0 amide bonds. The Morgan fingerprint density at radius 3 is 2.69 bits per heavy atom. The van der Waals surface area contributed by atoms with Gasteiger partial charge in [-0.1, -0.05) is 0 Å². The standard InChI is InChI=1S/C9H15NO3/c1-7-2-3-9(13-7)10-8(6-12)4-5-11/h2-3,8,10-12H,4-6H2,1H3. The Balaban J connectivity index is 2.46. The van der Waals surface area contributed by atoms with E-state index in [4.69, 9.17) is 14.6 Å². The molecule has 0 saturated heterocycles. The molecular weight excluding hydrogens is 170 g/mol. The summed E-state index contributed by atoms with van der Waals surface area (Å²) < 4.78 is 5.26. The van der Waals surface area contributed by atoms with E-state index in [9.17, 15) is 0 Å². The molecule has 4 heteroatoms. The van der Waals surface area contributed by atoms with Gasteiger partial charge in [0.1, 0.15) is 5.76 Å². The van der Waals surface area contributed by atoms with E-state index in [2.05, 4.69) is 5.32 Å². The molecule has 0 fully saturated rings. The summed E-state index contributed by atoms with van der Waals surface area (Å²) in [6.45, 7) is 1.89. The third-order valence-electron chi connectivity index (χ3n) is 1.78. The van der Waals surface area contributed by atoms with Crippen LogP contribution in [0, 0.1) is 6.92 Å². The number of aliphatic hydroxyl groups is 2. The monoisotopic (exact) mass is 185 g/mol. The van der Waals surface area contributed by atoms with Crippen LogP contribution < -0.4 is 5.32 Å². The number of anilines is 1. The topological polar surface area (TPSA) is 65.6 Å². The second-order valence-electron chi connectivity index (χ2n) is 2.95. The average molecular weight is 185 g/mol. The van der Waals surface area contributed by atoms with Gasteiger partial charge in [-0.15, -0.1) is 0 Å². The summed E-state index contributed by atoms with van der Waals surface area (Å²) in [4.78, 5) is 0. The molecule has 1 unspecified atom stereocenters. The van der Waals surface area contributed by atoms with Gasteiger partial charge in [0.2, 0.25) is 0 Å². The highest BCUT2D eigenvalue weighted by Gasteiger charge is 2.07. The third kappa shape index (κ3) is 3.08. The van der Waals surface area contributed by atoms with Gasteiger partial charge in [0, 0.05) is 12.7 Å². The molecule has 1 atom stereocenters. The molecule has 0 aliphatic carbocycles. The quantitative estimate of drug-likeness (QED) is 0.633. The molecule has 74 valence electrons. The second kappa shape index (κ2) is 4.89. The molecule has 0 aromatic carbocycles. The fourth-order valence-corrected chi connectivity index (χ4v) is 1.08. The van der Waals surface area contributed by atoms with Crippen LogP contribution in [0.25, 0.3) is 0 Å². The van der Waals surface area contributed by atoms with Crippen LogP contribution in [0.15, 0.2) is 16.5 Å². The van der Waals surface area contributed by atoms with Crippen LogP contribution in [-0.4, -0.2) is 29.5 Å². The zero-order valence-electron chi connectivity index (χ0n) is 7.66. The molecule has 1 aromatic rings. The van der Waals surface area contributed by atoms with Crippen molar-refractivity contribution in [2.24, 2.45) is 0 Å². The Morgan fingerprint density at radius 2 is 2.23 bits per heavy atom. The summed E-state index contributed by atoms with van der Waals surface area (Å²) in [5.41, 5.74) is 0. The number of rotatable bonds is 5. The lowest BCUT2D eigenvalue weighted by molar-refractivity contribution is 0.227. The number of nitrogens with one attached hydrogen (secondary N) is 1. The summed E-state index contributed by atoms with van der Waals surface area (Å²) in [7, 11) is 0. The molecule has 0 aliphatic rings. The van der Waals surface area contributed by atoms with E-state index in [1.165, 1.54) is 0 Å². The van der Waals surface area contributed by atoms with Gasteiger partial charge in [-0.2, -0.15) is 0 Å². The molecule has 1 heterocycles. The van der Waals surface area contributed by atoms with E-state index in [1.54, 1.807) is 6.07 Å². The highest BCUT2D eigenvalue weighted by molar-refractivity contribution is 5.33. The van der Waals surface area contributed by atoms with E-state index >= 15 is 0 Å². The van der Waals surface area contributed by atoms with Crippen molar-refractivity contribution in [1.29, 1.82) is 0 Å². The van der Waals surface area contributed by atoms with Crippen molar-refractivity contribution in [1.82, 2.24) is 0 Å². The number of hydrogen-bond acceptors (Lipinski definition) is 4. The molecule has 3 N–H and O–H groups in total. The lowest BCUT2D eigenvalue weighted by Crippen LogP contribution is -2.24. The maximum Gasteiger partial charge on any atom is 0.193 e. The molecule has 0 radical (unpaired) electrons. The summed E-state index contributed by atoms with van der Waals surface area (Å²) in [5.74, 6) is 1.45. The van der Waals surface area contributed by atoms with Crippen LogP contribution in [0.5, 0.6) is 0 Å². The van der Waals surface area contributed by atoms with Gasteiger partial charge in [-0.05, 0) is 19.4 Å². The molecular formula is C9H15NO3. The van der Waals surface area contributed by atoms with Gasteiger partial charge in [0.25, 0.3) is 0 Å². The van der Waals surface area contributed by atoms with E-state index < -0.39 is 0 Å². The molecule has 0 aliphatic heterocycles. The van der Waals surface area contributed by atoms with Crippen LogP contribution in [0.2, 0.25) is 0 Å². The molecule has 13 heavy (non-hydrogen) atoms. The van der Waals surface area contributed by atoms with Crippen molar-refractivity contribution in [3.8, 4) is 0 Å². The molecule has 1 rings (SSSR count). The molecule has 0 bridgehead atoms. The predicted octanol–water partition coefficient (Wildman–Crippen LogP) is 0.743. The third-order valence-corrected chi connectivity index (χ3v) is 1.78. The fourth-order valence-electron chi connectivity index (χ4n) is 1.08. The first-order valence-corrected chi connectivity index (χ1v) is 4.31. The summed E-state index contributed by atoms with van der Waals surface area (Å²) in [6.07, 6.45) is 0.510. The minimum atomic E-state index is -0.143. The lowest BCUT2D eigenvalue weighted by atomic mass is 10.2. The molecule has 0 spiro atoms. The largest absolute Gasteiger partial charge is 0.446 e.